The number of amides is 1. The predicted molar refractivity (Wildman–Crippen MR) is 79.5 cm³/mol. The molecule has 21 heavy (non-hydrogen) atoms. The van der Waals surface area contributed by atoms with E-state index in [2.05, 4.69) is 4.90 Å². The van der Waals surface area contributed by atoms with E-state index in [1.165, 1.54) is 18.2 Å². The average molecular weight is 313 g/mol. The third-order valence-electron chi connectivity index (χ3n) is 3.62. The molecule has 1 atom stereocenters. The zero-order valence-corrected chi connectivity index (χ0v) is 12.4. The lowest BCUT2D eigenvalue weighted by atomic mass is 10.1. The number of carbonyl (C=O) groups is 1. The van der Waals surface area contributed by atoms with Crippen LogP contribution in [0.1, 0.15) is 10.4 Å². The van der Waals surface area contributed by atoms with Gasteiger partial charge in [-0.25, -0.2) is 0 Å². The molecule has 0 saturated carbocycles. The van der Waals surface area contributed by atoms with E-state index >= 15 is 0 Å². The lowest BCUT2D eigenvalue weighted by Crippen LogP contribution is -2.56. The van der Waals surface area contributed by atoms with E-state index in [9.17, 15) is 14.9 Å². The van der Waals surface area contributed by atoms with Gasteiger partial charge in [0, 0.05) is 32.2 Å². The minimum Gasteiger partial charge on any atom is -0.332 e. The molecule has 0 spiro atoms. The Morgan fingerprint density at radius 3 is 2.86 bits per heavy atom. The summed E-state index contributed by atoms with van der Waals surface area (Å²) in [7, 11) is 1.95. The highest BCUT2D eigenvalue weighted by atomic mass is 35.5. The Kier molecular flexibility index (Phi) is 4.76. The molecule has 0 aliphatic carbocycles. The molecule has 0 aromatic heterocycles. The largest absolute Gasteiger partial charge is 0.332 e. The summed E-state index contributed by atoms with van der Waals surface area (Å²) in [6.45, 7) is 2.11. The van der Waals surface area contributed by atoms with Crippen LogP contribution in [0.5, 0.6) is 0 Å². The highest BCUT2D eigenvalue weighted by Crippen LogP contribution is 2.28. The van der Waals surface area contributed by atoms with Crippen molar-refractivity contribution in [3.05, 3.63) is 38.9 Å². The van der Waals surface area contributed by atoms with Crippen molar-refractivity contribution in [1.29, 1.82) is 0 Å². The van der Waals surface area contributed by atoms with E-state index in [4.69, 9.17) is 17.3 Å². The normalized spacial score (nSPS) is 19.6. The van der Waals surface area contributed by atoms with Crippen LogP contribution in [-0.4, -0.2) is 59.9 Å². The first-order valence-corrected chi connectivity index (χ1v) is 6.96. The number of hydrogen-bond donors (Lipinski definition) is 1. The van der Waals surface area contributed by atoms with Crippen molar-refractivity contribution in [3.8, 4) is 0 Å². The molecule has 1 aliphatic heterocycles. The van der Waals surface area contributed by atoms with Gasteiger partial charge in [0.05, 0.1) is 16.0 Å². The number of nitrogens with two attached hydrogens (primary N) is 1. The Morgan fingerprint density at radius 1 is 1.52 bits per heavy atom. The molecule has 1 unspecified atom stereocenters. The number of piperazine rings is 1. The first-order valence-electron chi connectivity index (χ1n) is 6.58. The van der Waals surface area contributed by atoms with E-state index in [0.29, 0.717) is 26.2 Å². The number of likely N-dealkylation sites (N-methyl/N-ethyl adjacent to an activating group) is 1. The maximum Gasteiger partial charge on any atom is 0.283 e. The van der Waals surface area contributed by atoms with Gasteiger partial charge in [-0.15, -0.1) is 0 Å². The first kappa shape index (κ1) is 15.7. The summed E-state index contributed by atoms with van der Waals surface area (Å²) in [6, 6.07) is 4.05. The van der Waals surface area contributed by atoms with Crippen molar-refractivity contribution < 1.29 is 9.72 Å². The Bertz CT molecular complexity index is 566. The molecule has 1 saturated heterocycles. The first-order chi connectivity index (χ1) is 9.95. The zero-order valence-electron chi connectivity index (χ0n) is 11.7. The fourth-order valence-corrected chi connectivity index (χ4v) is 2.75. The molecule has 2 N–H and O–H groups in total. The van der Waals surface area contributed by atoms with Crippen LogP contribution in [-0.2, 0) is 0 Å². The quantitative estimate of drug-likeness (QED) is 0.663. The fraction of sp³-hybridized carbons (Fsp3) is 0.462. The van der Waals surface area contributed by atoms with Gasteiger partial charge in [-0.1, -0.05) is 17.7 Å². The van der Waals surface area contributed by atoms with Gasteiger partial charge in [-0.2, -0.15) is 0 Å². The maximum atomic E-state index is 12.7. The molecular formula is C13H17ClN4O3. The summed E-state index contributed by atoms with van der Waals surface area (Å²) in [5, 5.41) is 11.2. The highest BCUT2D eigenvalue weighted by molar-refractivity contribution is 6.34. The molecular weight excluding hydrogens is 296 g/mol. The second-order valence-electron chi connectivity index (χ2n) is 5.04. The topological polar surface area (TPSA) is 92.7 Å². The maximum absolute atomic E-state index is 12.7. The van der Waals surface area contributed by atoms with Gasteiger partial charge in [0.1, 0.15) is 5.56 Å². The summed E-state index contributed by atoms with van der Waals surface area (Å²) in [4.78, 5) is 26.9. The molecule has 1 fully saturated rings. The predicted octanol–water partition coefficient (Wildman–Crippen LogP) is 0.963. The molecule has 0 bridgehead atoms. The van der Waals surface area contributed by atoms with Gasteiger partial charge in [0.15, 0.2) is 0 Å². The van der Waals surface area contributed by atoms with Gasteiger partial charge >= 0.3 is 0 Å². The number of hydrogen-bond acceptors (Lipinski definition) is 5. The van der Waals surface area contributed by atoms with Crippen molar-refractivity contribution in [2.75, 3.05) is 33.2 Å². The third-order valence-corrected chi connectivity index (χ3v) is 3.94. The number of rotatable bonds is 3. The van der Waals surface area contributed by atoms with Crippen LogP contribution in [0.3, 0.4) is 0 Å². The third kappa shape index (κ3) is 3.15. The number of nitro benzene ring substituents is 1. The summed E-state index contributed by atoms with van der Waals surface area (Å²) >= 11 is 6.01. The van der Waals surface area contributed by atoms with Crippen LogP contribution in [0, 0.1) is 10.1 Å². The van der Waals surface area contributed by atoms with Crippen molar-refractivity contribution in [2.45, 2.75) is 6.04 Å². The second kappa shape index (κ2) is 6.38. The lowest BCUT2D eigenvalue weighted by Gasteiger charge is -2.39. The van der Waals surface area contributed by atoms with Crippen LogP contribution >= 0.6 is 11.6 Å². The van der Waals surface area contributed by atoms with Gasteiger partial charge < -0.3 is 15.5 Å². The Hall–Kier alpha value is -1.70. The monoisotopic (exact) mass is 312 g/mol. The number of carbonyl (C=O) groups excluding carboxylic acids is 1. The van der Waals surface area contributed by atoms with Crippen molar-refractivity contribution >= 4 is 23.2 Å². The van der Waals surface area contributed by atoms with Crippen LogP contribution in [0.2, 0.25) is 5.02 Å². The van der Waals surface area contributed by atoms with E-state index in [1.54, 1.807) is 4.90 Å². The lowest BCUT2D eigenvalue weighted by molar-refractivity contribution is -0.385. The number of halogens is 1. The molecule has 1 aliphatic rings. The summed E-state index contributed by atoms with van der Waals surface area (Å²) in [5.74, 6) is -0.434. The summed E-state index contributed by atoms with van der Waals surface area (Å²) < 4.78 is 0. The molecule has 114 valence electrons. The smallest absolute Gasteiger partial charge is 0.283 e. The minimum absolute atomic E-state index is 0.0628. The van der Waals surface area contributed by atoms with Crippen molar-refractivity contribution in [2.24, 2.45) is 5.73 Å². The van der Waals surface area contributed by atoms with Crippen LogP contribution in [0.25, 0.3) is 0 Å². The molecule has 1 aromatic carbocycles. The average Bonchev–Trinajstić information content (AvgIpc) is 2.46. The van der Waals surface area contributed by atoms with Gasteiger partial charge in [-0.3, -0.25) is 14.9 Å². The Labute approximate surface area is 127 Å². The van der Waals surface area contributed by atoms with Crippen LogP contribution in [0.4, 0.5) is 5.69 Å². The van der Waals surface area contributed by atoms with E-state index in [-0.39, 0.29) is 22.3 Å². The molecule has 0 radical (unpaired) electrons. The van der Waals surface area contributed by atoms with E-state index in [0.717, 1.165) is 0 Å². The van der Waals surface area contributed by atoms with E-state index < -0.39 is 10.8 Å². The molecule has 7 nitrogen and oxygen atoms in total. The molecule has 8 heteroatoms. The van der Waals surface area contributed by atoms with Crippen molar-refractivity contribution in [3.63, 3.8) is 0 Å². The van der Waals surface area contributed by atoms with Gasteiger partial charge in [0.25, 0.3) is 11.6 Å². The molecule has 1 amide bonds. The molecule has 1 heterocycles. The Morgan fingerprint density at radius 2 is 2.24 bits per heavy atom. The van der Waals surface area contributed by atoms with Crippen molar-refractivity contribution in [1.82, 2.24) is 9.80 Å². The van der Waals surface area contributed by atoms with Crippen LogP contribution in [0.15, 0.2) is 18.2 Å². The number of nitrogens with zero attached hydrogens (tertiary/aromatic N) is 3. The number of benzene rings is 1. The standard InChI is InChI=1S/C13H17ClN4O3/c1-16-5-6-17(9(7-15)8-16)13(19)12-10(14)3-2-4-11(12)18(20)21/h2-4,9H,5-8,15H2,1H3. The SMILES string of the molecule is CN1CCN(C(=O)c2c(Cl)cccc2[N+](=O)[O-])C(CN)C1. The van der Waals surface area contributed by atoms with E-state index in [1.807, 2.05) is 7.05 Å². The Balaban J connectivity index is 2.38. The zero-order chi connectivity index (χ0) is 15.6. The second-order valence-corrected chi connectivity index (χ2v) is 5.45. The van der Waals surface area contributed by atoms with Gasteiger partial charge in [-0.05, 0) is 13.1 Å². The summed E-state index contributed by atoms with van der Waals surface area (Å²) in [6.07, 6.45) is 0. The highest BCUT2D eigenvalue weighted by Gasteiger charge is 2.33. The van der Waals surface area contributed by atoms with Crippen LogP contribution < -0.4 is 5.73 Å². The molecule has 2 rings (SSSR count). The summed E-state index contributed by atoms with van der Waals surface area (Å²) in [5.41, 5.74) is 5.38. The minimum atomic E-state index is -0.591. The van der Waals surface area contributed by atoms with Gasteiger partial charge in [0.2, 0.25) is 0 Å². The molecule has 1 aromatic rings. The fourth-order valence-electron chi connectivity index (χ4n) is 2.50. The number of nitro groups is 1.